The molecule has 6 N–H and O–H groups in total. The van der Waals surface area contributed by atoms with Crippen LogP contribution in [-0.2, 0) is 13.9 Å². The minimum atomic E-state index is -4.88. The molecule has 102 valence electrons. The second kappa shape index (κ2) is 9.08. The van der Waals surface area contributed by atoms with Crippen LogP contribution in [0.15, 0.2) is 0 Å². The molecule has 0 aromatic heterocycles. The Labute approximate surface area is 144 Å². The predicted octanol–water partition coefficient (Wildman–Crippen LogP) is -7.71. The van der Waals surface area contributed by atoms with Crippen LogP contribution in [0.25, 0.3) is 0 Å². The maximum absolute atomic E-state index is 10.2. The maximum Gasteiger partial charge on any atom is 1.00 e. The van der Waals surface area contributed by atoms with Crippen molar-refractivity contribution in [3.8, 4) is 0 Å². The fourth-order valence-corrected chi connectivity index (χ4v) is 1.17. The largest absolute Gasteiger partial charge is 1.00 e. The number of aliphatic carboxylic acids is 1. The van der Waals surface area contributed by atoms with Crippen LogP contribution >= 0.6 is 7.82 Å². The van der Waals surface area contributed by atoms with Gasteiger partial charge in [-0.1, -0.05) is 0 Å². The van der Waals surface area contributed by atoms with Gasteiger partial charge in [0.25, 0.3) is 0 Å². The molecule has 4 atom stereocenters. The van der Waals surface area contributed by atoms with Crippen molar-refractivity contribution in [2.24, 2.45) is 0 Å². The molecule has 0 heterocycles. The smallest absolute Gasteiger partial charge is 0.547 e. The number of aliphatic hydroxyl groups excluding tert-OH is 4. The first-order chi connectivity index (χ1) is 7.56. The van der Waals surface area contributed by atoms with Crippen molar-refractivity contribution in [3.05, 3.63) is 0 Å². The van der Waals surface area contributed by atoms with Crippen LogP contribution in [0.1, 0.15) is 0 Å². The number of carbonyl (C=O) groups excluding carboxylic acids is 1. The zero-order valence-corrected chi connectivity index (χ0v) is 13.3. The fourth-order valence-electron chi connectivity index (χ4n) is 0.826. The van der Waals surface area contributed by atoms with Gasteiger partial charge in [-0.2, -0.15) is 0 Å². The molecule has 18 heavy (non-hydrogen) atoms. The average molecular weight is 314 g/mol. The number of carboxylic acids is 1. The van der Waals surface area contributed by atoms with Crippen LogP contribution in [0.3, 0.4) is 0 Å². The van der Waals surface area contributed by atoms with Gasteiger partial charge >= 0.3 is 59.2 Å². The molecule has 0 fully saturated rings. The van der Waals surface area contributed by atoms with Gasteiger partial charge in [-0.15, -0.1) is 0 Å². The second-order valence-corrected chi connectivity index (χ2v) is 4.34. The van der Waals surface area contributed by atoms with Crippen LogP contribution in [0.2, 0.25) is 0 Å². The van der Waals surface area contributed by atoms with Crippen molar-refractivity contribution in [2.75, 3.05) is 6.61 Å². The Kier molecular flexibility index (Phi) is 10.8. The monoisotopic (exact) mass is 314 g/mol. The van der Waals surface area contributed by atoms with Gasteiger partial charge in [0.15, 0.2) is 0 Å². The molecule has 12 heteroatoms. The van der Waals surface area contributed by atoms with Gasteiger partial charge in [0.05, 0.1) is 12.6 Å². The van der Waals surface area contributed by atoms with E-state index in [1.165, 1.54) is 0 Å². The summed E-state index contributed by atoms with van der Waals surface area (Å²) in [6, 6.07) is 0. The van der Waals surface area contributed by atoms with Gasteiger partial charge in [-0.05, 0) is 0 Å². The number of carbonyl (C=O) groups is 1. The summed E-state index contributed by atoms with van der Waals surface area (Å²) in [5, 5.41) is 46.1. The van der Waals surface area contributed by atoms with Crippen molar-refractivity contribution in [1.82, 2.24) is 0 Å². The number of aliphatic hydroxyl groups is 4. The van der Waals surface area contributed by atoms with E-state index in [-0.39, 0.29) is 51.4 Å². The van der Waals surface area contributed by atoms with Gasteiger partial charge in [0.1, 0.15) is 24.4 Å². The minimum Gasteiger partial charge on any atom is -0.547 e. The normalized spacial score (nSPS) is 18.3. The average Bonchev–Trinajstić information content (AvgIpc) is 2.21. The Morgan fingerprint density at radius 1 is 1.17 bits per heavy atom. The fraction of sp³-hybridized carbons (Fsp3) is 0.833. The SMILES string of the molecule is O=C([O-])[C@H](O)[C@@H](O)[C@H](O)[C@H](O)COP(=O)(O)O.[K+]. The molecule has 0 aliphatic carbocycles. The Balaban J connectivity index is 0. The number of carboxylic acid groups (broad SMARTS) is 1. The number of hydrogen-bond acceptors (Lipinski definition) is 8. The summed E-state index contributed by atoms with van der Waals surface area (Å²) in [6.07, 6.45) is -8.95. The van der Waals surface area contributed by atoms with Gasteiger partial charge in [-0.3, -0.25) is 4.52 Å². The van der Waals surface area contributed by atoms with Crippen LogP contribution in [0.4, 0.5) is 0 Å². The van der Waals surface area contributed by atoms with Gasteiger partial charge in [-0.25, -0.2) is 4.57 Å². The standard InChI is InChI=1S/C6H13O10P.K/c7-2(1-16-17(13,14)15)3(8)4(9)5(10)6(11)12;/h2-5,7-10H,1H2,(H,11,12)(H2,13,14,15);/q;+1/p-1/t2-,3-,4+,5-;/m1./s1. The number of rotatable bonds is 7. The van der Waals surface area contributed by atoms with E-state index in [0.717, 1.165) is 0 Å². The Hall–Kier alpha value is 1.06. The quantitative estimate of drug-likeness (QED) is 0.194. The van der Waals surface area contributed by atoms with Crippen molar-refractivity contribution >= 4 is 13.8 Å². The number of phosphoric acid groups is 1. The molecule has 0 unspecified atom stereocenters. The van der Waals surface area contributed by atoms with Crippen LogP contribution in [-0.4, -0.2) is 67.2 Å². The number of hydrogen-bond donors (Lipinski definition) is 6. The summed E-state index contributed by atoms with van der Waals surface area (Å²) >= 11 is 0. The number of phosphoric ester groups is 1. The van der Waals surface area contributed by atoms with Gasteiger partial charge in [0.2, 0.25) is 0 Å². The van der Waals surface area contributed by atoms with E-state index in [1.54, 1.807) is 0 Å². The Bertz CT molecular complexity index is 305. The molecule has 0 spiro atoms. The molecule has 0 saturated carbocycles. The third-order valence-electron chi connectivity index (χ3n) is 1.72. The van der Waals surface area contributed by atoms with E-state index in [1.807, 2.05) is 0 Å². The van der Waals surface area contributed by atoms with Crippen molar-refractivity contribution in [3.63, 3.8) is 0 Å². The first-order valence-electron chi connectivity index (χ1n) is 4.19. The van der Waals surface area contributed by atoms with E-state index in [2.05, 4.69) is 4.52 Å². The molecule has 0 aliphatic heterocycles. The third kappa shape index (κ3) is 8.27. The first-order valence-corrected chi connectivity index (χ1v) is 5.72. The maximum atomic E-state index is 10.2. The molecule has 0 radical (unpaired) electrons. The van der Waals surface area contributed by atoms with E-state index < -0.39 is 44.8 Å². The zero-order chi connectivity index (χ0) is 13.8. The molecular weight excluding hydrogens is 302 g/mol. The third-order valence-corrected chi connectivity index (χ3v) is 2.21. The van der Waals surface area contributed by atoms with E-state index in [4.69, 9.17) is 30.2 Å². The first kappa shape index (κ1) is 21.4. The molecule has 0 aromatic rings. The molecule has 10 nitrogen and oxygen atoms in total. The topological polar surface area (TPSA) is 188 Å². The van der Waals surface area contributed by atoms with Gasteiger partial charge < -0.3 is 40.1 Å². The Morgan fingerprint density at radius 2 is 1.61 bits per heavy atom. The molecular formula is C6H12KO10P. The van der Waals surface area contributed by atoms with Crippen molar-refractivity contribution in [2.45, 2.75) is 24.4 Å². The van der Waals surface area contributed by atoms with E-state index in [9.17, 15) is 14.5 Å². The summed E-state index contributed by atoms with van der Waals surface area (Å²) in [6.45, 7) is -1.07. The van der Waals surface area contributed by atoms with Crippen LogP contribution in [0.5, 0.6) is 0 Å². The van der Waals surface area contributed by atoms with Crippen LogP contribution in [0, 0.1) is 0 Å². The predicted molar refractivity (Wildman–Crippen MR) is 47.0 cm³/mol. The van der Waals surface area contributed by atoms with E-state index >= 15 is 0 Å². The van der Waals surface area contributed by atoms with Crippen molar-refractivity contribution < 1.29 is 101 Å². The van der Waals surface area contributed by atoms with E-state index in [0.29, 0.717) is 0 Å². The molecule has 0 bridgehead atoms. The summed E-state index contributed by atoms with van der Waals surface area (Å²) in [4.78, 5) is 26.6. The summed E-state index contributed by atoms with van der Waals surface area (Å²) in [5.41, 5.74) is 0. The summed E-state index contributed by atoms with van der Waals surface area (Å²) < 4.78 is 14.0. The summed E-state index contributed by atoms with van der Waals surface area (Å²) in [5.74, 6) is -2.08. The van der Waals surface area contributed by atoms with Crippen LogP contribution < -0.4 is 56.5 Å². The zero-order valence-electron chi connectivity index (χ0n) is 9.28. The molecule has 0 rings (SSSR count). The molecule has 0 amide bonds. The minimum absolute atomic E-state index is 0. The molecule has 0 aliphatic rings. The molecule has 0 saturated heterocycles. The molecule has 0 aromatic carbocycles. The second-order valence-electron chi connectivity index (χ2n) is 3.10. The Morgan fingerprint density at radius 3 is 1.94 bits per heavy atom. The van der Waals surface area contributed by atoms with Gasteiger partial charge in [0, 0.05) is 0 Å². The summed E-state index contributed by atoms with van der Waals surface area (Å²) in [7, 11) is -4.88. The van der Waals surface area contributed by atoms with Crippen molar-refractivity contribution in [1.29, 1.82) is 0 Å².